The SMILES string of the molecule is CNSc1ccc(-c2cc(N3CCOCC3)cc(Nc3ccc(OC(F)(F)F)cc3)n2)cc1. The second-order valence-corrected chi connectivity index (χ2v) is 8.31. The Bertz CT molecular complexity index is 1060. The minimum atomic E-state index is -4.72. The van der Waals surface area contributed by atoms with Gasteiger partial charge < -0.3 is 19.7 Å². The average molecular weight is 477 g/mol. The molecule has 2 N–H and O–H groups in total. The van der Waals surface area contributed by atoms with E-state index in [4.69, 9.17) is 9.72 Å². The molecule has 10 heteroatoms. The summed E-state index contributed by atoms with van der Waals surface area (Å²) in [5.41, 5.74) is 3.35. The molecule has 1 fully saturated rings. The molecule has 0 amide bonds. The van der Waals surface area contributed by atoms with Crippen LogP contribution in [0.4, 0.5) is 30.4 Å². The van der Waals surface area contributed by atoms with Gasteiger partial charge in [-0.05, 0) is 61.5 Å². The van der Waals surface area contributed by atoms with Crippen LogP contribution < -0.4 is 19.7 Å². The Morgan fingerprint density at radius 3 is 2.33 bits per heavy atom. The maximum atomic E-state index is 12.4. The molecule has 1 aliphatic heterocycles. The second-order valence-electron chi connectivity index (χ2n) is 7.22. The zero-order chi connectivity index (χ0) is 23.3. The van der Waals surface area contributed by atoms with Crippen LogP contribution >= 0.6 is 11.9 Å². The van der Waals surface area contributed by atoms with Crippen molar-refractivity contribution in [2.45, 2.75) is 11.3 Å². The number of nitrogens with one attached hydrogen (secondary N) is 2. The van der Waals surface area contributed by atoms with E-state index in [1.807, 2.05) is 43.4 Å². The van der Waals surface area contributed by atoms with Crippen LogP contribution in [-0.2, 0) is 4.74 Å². The number of anilines is 3. The summed E-state index contributed by atoms with van der Waals surface area (Å²) in [6.45, 7) is 2.84. The molecule has 0 saturated carbocycles. The fourth-order valence-corrected chi connectivity index (χ4v) is 3.94. The molecule has 0 radical (unpaired) electrons. The summed E-state index contributed by atoms with van der Waals surface area (Å²) in [6, 6.07) is 17.6. The molecule has 1 aromatic heterocycles. The molecule has 2 heterocycles. The molecule has 174 valence electrons. The van der Waals surface area contributed by atoms with Crippen LogP contribution in [0.1, 0.15) is 0 Å². The van der Waals surface area contributed by atoms with Crippen LogP contribution in [-0.4, -0.2) is 44.7 Å². The summed E-state index contributed by atoms with van der Waals surface area (Å²) in [5.74, 6) is 0.315. The van der Waals surface area contributed by atoms with Crippen molar-refractivity contribution in [3.8, 4) is 17.0 Å². The monoisotopic (exact) mass is 476 g/mol. The van der Waals surface area contributed by atoms with Crippen LogP contribution in [0.25, 0.3) is 11.3 Å². The number of ether oxygens (including phenoxy) is 2. The van der Waals surface area contributed by atoms with Gasteiger partial charge in [0.15, 0.2) is 0 Å². The van der Waals surface area contributed by atoms with Crippen LogP contribution in [0, 0.1) is 0 Å². The lowest BCUT2D eigenvalue weighted by Crippen LogP contribution is -2.36. The van der Waals surface area contributed by atoms with Crippen molar-refractivity contribution in [1.82, 2.24) is 9.71 Å². The third-order valence-corrected chi connectivity index (χ3v) is 5.63. The molecule has 33 heavy (non-hydrogen) atoms. The minimum absolute atomic E-state index is 0.275. The first-order valence-electron chi connectivity index (χ1n) is 10.3. The van der Waals surface area contributed by atoms with Crippen LogP contribution in [0.15, 0.2) is 65.6 Å². The number of benzene rings is 2. The number of hydrogen-bond donors (Lipinski definition) is 2. The first-order chi connectivity index (χ1) is 15.9. The fourth-order valence-electron chi connectivity index (χ4n) is 3.43. The highest BCUT2D eigenvalue weighted by Crippen LogP contribution is 2.30. The van der Waals surface area contributed by atoms with Gasteiger partial charge in [-0.2, -0.15) is 0 Å². The van der Waals surface area contributed by atoms with Crippen molar-refractivity contribution in [3.63, 3.8) is 0 Å². The lowest BCUT2D eigenvalue weighted by Gasteiger charge is -2.29. The van der Waals surface area contributed by atoms with E-state index < -0.39 is 6.36 Å². The third kappa shape index (κ3) is 6.53. The third-order valence-electron chi connectivity index (χ3n) is 4.92. The van der Waals surface area contributed by atoms with E-state index in [2.05, 4.69) is 19.7 Å². The van der Waals surface area contributed by atoms with E-state index in [0.717, 1.165) is 34.9 Å². The molecular formula is C23H23F3N4O2S. The summed E-state index contributed by atoms with van der Waals surface area (Å²) in [7, 11) is 1.87. The molecule has 2 aromatic carbocycles. The highest BCUT2D eigenvalue weighted by molar-refractivity contribution is 7.97. The molecule has 3 aromatic rings. The molecule has 0 atom stereocenters. The highest BCUT2D eigenvalue weighted by Gasteiger charge is 2.31. The normalized spacial score (nSPS) is 14.2. The van der Waals surface area contributed by atoms with Gasteiger partial charge in [-0.25, -0.2) is 4.98 Å². The molecule has 0 bridgehead atoms. The van der Waals surface area contributed by atoms with Crippen LogP contribution in [0.5, 0.6) is 5.75 Å². The molecule has 1 saturated heterocycles. The maximum absolute atomic E-state index is 12.4. The standard InChI is InChI=1S/C23H23F3N4O2S/c1-27-33-20-8-2-16(3-9-20)21-14-18(30-10-12-31-13-11-30)15-22(29-21)28-17-4-6-19(7-5-17)32-23(24,25)26/h2-9,14-15,27H,10-13H2,1H3,(H,28,29). The number of hydrogen-bond acceptors (Lipinski definition) is 7. The Balaban J connectivity index is 1.61. The summed E-state index contributed by atoms with van der Waals surface area (Å²) < 4.78 is 49.7. The maximum Gasteiger partial charge on any atom is 0.573 e. The van der Waals surface area contributed by atoms with Gasteiger partial charge in [-0.1, -0.05) is 12.1 Å². The summed E-state index contributed by atoms with van der Waals surface area (Å²) in [6.07, 6.45) is -4.72. The number of alkyl halides is 3. The largest absolute Gasteiger partial charge is 0.573 e. The van der Waals surface area contributed by atoms with Crippen molar-refractivity contribution in [3.05, 3.63) is 60.7 Å². The van der Waals surface area contributed by atoms with Gasteiger partial charge in [0.2, 0.25) is 0 Å². The van der Waals surface area contributed by atoms with E-state index in [0.29, 0.717) is 24.7 Å². The molecule has 0 spiro atoms. The van der Waals surface area contributed by atoms with Crippen molar-refractivity contribution >= 4 is 29.1 Å². The smallest absolute Gasteiger partial charge is 0.406 e. The van der Waals surface area contributed by atoms with Crippen LogP contribution in [0.3, 0.4) is 0 Å². The molecular weight excluding hydrogens is 453 g/mol. The molecule has 6 nitrogen and oxygen atoms in total. The van der Waals surface area contributed by atoms with E-state index in [9.17, 15) is 13.2 Å². The zero-order valence-corrected chi connectivity index (χ0v) is 18.7. The van der Waals surface area contributed by atoms with Crippen molar-refractivity contribution < 1.29 is 22.6 Å². The van der Waals surface area contributed by atoms with E-state index >= 15 is 0 Å². The van der Waals surface area contributed by atoms with Gasteiger partial charge >= 0.3 is 6.36 Å². The lowest BCUT2D eigenvalue weighted by atomic mass is 10.1. The van der Waals surface area contributed by atoms with E-state index in [1.165, 1.54) is 36.2 Å². The topological polar surface area (TPSA) is 58.7 Å². The molecule has 1 aliphatic rings. The predicted octanol–water partition coefficient (Wildman–Crippen LogP) is 5.45. The van der Waals surface area contributed by atoms with Gasteiger partial charge in [-0.3, -0.25) is 4.72 Å². The Hall–Kier alpha value is -2.95. The van der Waals surface area contributed by atoms with Gasteiger partial charge in [0, 0.05) is 41.0 Å². The Labute approximate surface area is 194 Å². The molecule has 0 unspecified atom stereocenters. The summed E-state index contributed by atoms with van der Waals surface area (Å²) in [5, 5.41) is 3.20. The Morgan fingerprint density at radius 1 is 1.00 bits per heavy atom. The second kappa shape index (κ2) is 10.3. The van der Waals surface area contributed by atoms with E-state index in [1.54, 1.807) is 0 Å². The summed E-state index contributed by atoms with van der Waals surface area (Å²) in [4.78, 5) is 8.06. The quantitative estimate of drug-likeness (QED) is 0.440. The van der Waals surface area contributed by atoms with Gasteiger partial charge in [0.25, 0.3) is 0 Å². The first-order valence-corrected chi connectivity index (χ1v) is 11.1. The number of aromatic nitrogens is 1. The van der Waals surface area contributed by atoms with Crippen LogP contribution in [0.2, 0.25) is 0 Å². The predicted molar refractivity (Wildman–Crippen MR) is 124 cm³/mol. The number of pyridine rings is 1. The first kappa shape index (κ1) is 23.2. The fraction of sp³-hybridized carbons (Fsp3) is 0.261. The minimum Gasteiger partial charge on any atom is -0.406 e. The van der Waals surface area contributed by atoms with Crippen molar-refractivity contribution in [2.24, 2.45) is 0 Å². The Kier molecular flexibility index (Phi) is 7.26. The van der Waals surface area contributed by atoms with Gasteiger partial charge in [-0.15, -0.1) is 13.2 Å². The lowest BCUT2D eigenvalue weighted by molar-refractivity contribution is -0.274. The number of morpholine rings is 1. The number of nitrogens with zero attached hydrogens (tertiary/aromatic N) is 2. The number of halogens is 3. The average Bonchev–Trinajstić information content (AvgIpc) is 2.80. The summed E-state index contributed by atoms with van der Waals surface area (Å²) >= 11 is 1.53. The molecule has 4 rings (SSSR count). The number of rotatable bonds is 7. The van der Waals surface area contributed by atoms with Gasteiger partial charge in [0.1, 0.15) is 11.6 Å². The van der Waals surface area contributed by atoms with E-state index in [-0.39, 0.29) is 5.75 Å². The zero-order valence-electron chi connectivity index (χ0n) is 17.9. The Morgan fingerprint density at radius 2 is 1.70 bits per heavy atom. The molecule has 0 aliphatic carbocycles. The highest BCUT2D eigenvalue weighted by atomic mass is 32.2. The van der Waals surface area contributed by atoms with Gasteiger partial charge in [0.05, 0.1) is 18.9 Å². The van der Waals surface area contributed by atoms with Crippen molar-refractivity contribution in [1.29, 1.82) is 0 Å². The van der Waals surface area contributed by atoms with Crippen molar-refractivity contribution in [2.75, 3.05) is 43.6 Å².